The van der Waals surface area contributed by atoms with Gasteiger partial charge in [0.1, 0.15) is 11.9 Å². The highest BCUT2D eigenvalue weighted by molar-refractivity contribution is 7.91. The number of methoxy groups -OCH3 is 1. The molecule has 1 fully saturated rings. The van der Waals surface area contributed by atoms with Gasteiger partial charge in [-0.05, 0) is 24.3 Å². The zero-order valence-electron chi connectivity index (χ0n) is 13.2. The maximum atomic E-state index is 12.1. The summed E-state index contributed by atoms with van der Waals surface area (Å²) in [7, 11) is -1.86. The monoisotopic (exact) mass is 341 g/mol. The van der Waals surface area contributed by atoms with Gasteiger partial charge in [0.25, 0.3) is 0 Å². The average Bonchev–Trinajstić information content (AvgIpc) is 2.73. The van der Waals surface area contributed by atoms with E-state index in [1.807, 2.05) is 0 Å². The van der Waals surface area contributed by atoms with Gasteiger partial charge in [0.15, 0.2) is 9.84 Å². The van der Waals surface area contributed by atoms with E-state index in [1.54, 1.807) is 24.3 Å². The second-order valence-corrected chi connectivity index (χ2v) is 7.53. The van der Waals surface area contributed by atoms with E-state index in [9.17, 15) is 18.0 Å². The molecule has 1 aliphatic heterocycles. The minimum absolute atomic E-state index is 0.240. The zero-order chi connectivity index (χ0) is 17.2. The minimum atomic E-state index is -3.39. The fourth-order valence-electron chi connectivity index (χ4n) is 2.71. The zero-order valence-corrected chi connectivity index (χ0v) is 14.0. The van der Waals surface area contributed by atoms with Crippen LogP contribution in [0.3, 0.4) is 0 Å². The van der Waals surface area contributed by atoms with E-state index in [0.717, 1.165) is 0 Å². The van der Waals surface area contributed by atoms with Gasteiger partial charge in [-0.15, -0.1) is 0 Å². The Balaban J connectivity index is 2.37. The Morgan fingerprint density at radius 3 is 2.22 bits per heavy atom. The van der Waals surface area contributed by atoms with Crippen LogP contribution in [0.5, 0.6) is 5.75 Å². The Morgan fingerprint density at radius 2 is 1.74 bits per heavy atom. The third kappa shape index (κ3) is 4.01. The smallest absolute Gasteiger partial charge is 0.303 e. The van der Waals surface area contributed by atoms with E-state index in [0.29, 0.717) is 11.4 Å². The molecule has 0 spiro atoms. The molecule has 0 aliphatic carbocycles. The quantitative estimate of drug-likeness (QED) is 0.752. The Hall–Kier alpha value is -2.09. The van der Waals surface area contributed by atoms with E-state index >= 15 is 0 Å². The van der Waals surface area contributed by atoms with Crippen LogP contribution in [0.4, 0.5) is 5.69 Å². The molecule has 1 saturated heterocycles. The molecule has 23 heavy (non-hydrogen) atoms. The minimum Gasteiger partial charge on any atom is -0.497 e. The third-order valence-electron chi connectivity index (χ3n) is 3.61. The molecule has 2 unspecified atom stereocenters. The summed E-state index contributed by atoms with van der Waals surface area (Å²) >= 11 is 0. The molecule has 2 rings (SSSR count). The molecule has 1 aliphatic rings. The van der Waals surface area contributed by atoms with Crippen molar-refractivity contribution in [1.29, 1.82) is 0 Å². The summed E-state index contributed by atoms with van der Waals surface area (Å²) in [5.41, 5.74) is 0.526. The molecule has 0 radical (unpaired) electrons. The van der Waals surface area contributed by atoms with E-state index in [4.69, 9.17) is 9.47 Å². The first-order valence-electron chi connectivity index (χ1n) is 7.05. The number of hydrogen-bond acceptors (Lipinski definition) is 6. The standard InChI is InChI=1S/C15H19NO6S/c1-10(17)16(12-4-6-13(21-3)7-5-12)14-8-23(19,20)9-15(14)22-11(2)18/h4-7,14-15H,8-9H2,1-3H3. The number of esters is 1. The number of rotatable bonds is 4. The maximum Gasteiger partial charge on any atom is 0.303 e. The first-order valence-corrected chi connectivity index (χ1v) is 8.87. The number of sulfone groups is 1. The van der Waals surface area contributed by atoms with Crippen molar-refractivity contribution >= 4 is 27.4 Å². The largest absolute Gasteiger partial charge is 0.497 e. The van der Waals surface area contributed by atoms with Crippen LogP contribution in [-0.2, 0) is 24.2 Å². The molecule has 1 heterocycles. The fraction of sp³-hybridized carbons (Fsp3) is 0.467. The van der Waals surface area contributed by atoms with Crippen molar-refractivity contribution in [2.75, 3.05) is 23.5 Å². The first kappa shape index (κ1) is 17.3. The lowest BCUT2D eigenvalue weighted by Gasteiger charge is -2.31. The molecule has 2 atom stereocenters. The lowest BCUT2D eigenvalue weighted by molar-refractivity contribution is -0.146. The van der Waals surface area contributed by atoms with Crippen molar-refractivity contribution in [3.05, 3.63) is 24.3 Å². The number of benzene rings is 1. The summed E-state index contributed by atoms with van der Waals surface area (Å²) in [4.78, 5) is 24.7. The van der Waals surface area contributed by atoms with Crippen LogP contribution in [0, 0.1) is 0 Å². The van der Waals surface area contributed by atoms with Crippen molar-refractivity contribution in [1.82, 2.24) is 0 Å². The number of hydrogen-bond donors (Lipinski definition) is 0. The van der Waals surface area contributed by atoms with Crippen LogP contribution in [-0.4, -0.2) is 51.1 Å². The van der Waals surface area contributed by atoms with Crippen molar-refractivity contribution in [2.45, 2.75) is 26.0 Å². The highest BCUT2D eigenvalue weighted by Crippen LogP contribution is 2.28. The molecule has 1 aromatic carbocycles. The lowest BCUT2D eigenvalue weighted by Crippen LogP contribution is -2.47. The summed E-state index contributed by atoms with van der Waals surface area (Å²) < 4.78 is 34.1. The SMILES string of the molecule is COc1ccc(N(C(C)=O)C2CS(=O)(=O)CC2OC(C)=O)cc1. The Morgan fingerprint density at radius 1 is 1.13 bits per heavy atom. The van der Waals surface area contributed by atoms with Crippen LogP contribution in [0.1, 0.15) is 13.8 Å². The summed E-state index contributed by atoms with van der Waals surface area (Å²) in [5, 5.41) is 0. The van der Waals surface area contributed by atoms with Gasteiger partial charge >= 0.3 is 5.97 Å². The molecule has 1 aromatic rings. The average molecular weight is 341 g/mol. The third-order valence-corrected chi connectivity index (χ3v) is 5.30. The van der Waals surface area contributed by atoms with Crippen LogP contribution in [0.2, 0.25) is 0 Å². The molecular formula is C15H19NO6S. The topological polar surface area (TPSA) is 90.0 Å². The van der Waals surface area contributed by atoms with Crippen molar-refractivity contribution < 1.29 is 27.5 Å². The van der Waals surface area contributed by atoms with Gasteiger partial charge < -0.3 is 14.4 Å². The Bertz CT molecular complexity index is 697. The summed E-state index contributed by atoms with van der Waals surface area (Å²) in [6.45, 7) is 2.56. The summed E-state index contributed by atoms with van der Waals surface area (Å²) in [5.74, 6) is -0.800. The number of amides is 1. The second kappa shape index (κ2) is 6.57. The fourth-order valence-corrected chi connectivity index (χ4v) is 4.52. The van der Waals surface area contributed by atoms with Crippen molar-refractivity contribution in [3.8, 4) is 5.75 Å². The molecule has 0 bridgehead atoms. The van der Waals surface area contributed by atoms with Gasteiger partial charge in [-0.25, -0.2) is 8.42 Å². The molecule has 0 saturated carbocycles. The highest BCUT2D eigenvalue weighted by Gasteiger charge is 2.44. The molecule has 1 amide bonds. The first-order chi connectivity index (χ1) is 10.7. The van der Waals surface area contributed by atoms with E-state index in [-0.39, 0.29) is 17.4 Å². The Kier molecular flexibility index (Phi) is 4.93. The van der Waals surface area contributed by atoms with Crippen LogP contribution < -0.4 is 9.64 Å². The van der Waals surface area contributed by atoms with Gasteiger partial charge in [0.2, 0.25) is 5.91 Å². The maximum absolute atomic E-state index is 12.1. The second-order valence-electron chi connectivity index (χ2n) is 5.38. The van der Waals surface area contributed by atoms with Crippen LogP contribution >= 0.6 is 0 Å². The van der Waals surface area contributed by atoms with Gasteiger partial charge in [-0.1, -0.05) is 0 Å². The van der Waals surface area contributed by atoms with Gasteiger partial charge in [-0.3, -0.25) is 9.59 Å². The number of carbonyl (C=O) groups excluding carboxylic acids is 2. The van der Waals surface area contributed by atoms with Crippen molar-refractivity contribution in [3.63, 3.8) is 0 Å². The molecule has 7 nitrogen and oxygen atoms in total. The van der Waals surface area contributed by atoms with Gasteiger partial charge in [-0.2, -0.15) is 0 Å². The number of anilines is 1. The molecule has 0 N–H and O–H groups in total. The Labute approximate surface area is 135 Å². The van der Waals surface area contributed by atoms with Crippen LogP contribution in [0.15, 0.2) is 24.3 Å². The molecule has 0 aromatic heterocycles. The summed E-state index contributed by atoms with van der Waals surface area (Å²) in [6, 6.07) is 5.94. The highest BCUT2D eigenvalue weighted by atomic mass is 32.2. The summed E-state index contributed by atoms with van der Waals surface area (Å²) in [6.07, 6.45) is -0.872. The predicted molar refractivity (Wildman–Crippen MR) is 84.1 cm³/mol. The predicted octanol–water partition coefficient (Wildman–Crippen LogP) is 0.777. The number of ether oxygens (including phenoxy) is 2. The molecular weight excluding hydrogens is 322 g/mol. The normalized spacial score (nSPS) is 22.4. The number of carbonyl (C=O) groups is 2. The molecule has 126 valence electrons. The van der Waals surface area contributed by atoms with Gasteiger partial charge in [0, 0.05) is 19.5 Å². The van der Waals surface area contributed by atoms with Crippen molar-refractivity contribution in [2.24, 2.45) is 0 Å². The van der Waals surface area contributed by atoms with E-state index in [1.165, 1.54) is 25.9 Å². The van der Waals surface area contributed by atoms with Gasteiger partial charge in [0.05, 0.1) is 24.7 Å². The van der Waals surface area contributed by atoms with E-state index in [2.05, 4.69) is 0 Å². The van der Waals surface area contributed by atoms with Crippen LogP contribution in [0.25, 0.3) is 0 Å². The number of nitrogens with zero attached hydrogens (tertiary/aromatic N) is 1. The van der Waals surface area contributed by atoms with E-state index < -0.39 is 28.0 Å². The lowest BCUT2D eigenvalue weighted by atomic mass is 10.1. The molecule has 8 heteroatoms.